The summed E-state index contributed by atoms with van der Waals surface area (Å²) in [7, 11) is 0.373. The number of aryl methyl sites for hydroxylation is 1. The van der Waals surface area contributed by atoms with E-state index in [0.29, 0.717) is 12.0 Å². The number of hydrogen-bond donors (Lipinski definition) is 2. The van der Waals surface area contributed by atoms with Gasteiger partial charge < -0.3 is 10.0 Å². The average Bonchev–Trinajstić information content (AvgIpc) is 2.76. The highest BCUT2D eigenvalue weighted by Gasteiger charge is 2.13. The lowest BCUT2D eigenvalue weighted by Crippen LogP contribution is -2.28. The highest BCUT2D eigenvalue weighted by Crippen LogP contribution is 1.96. The van der Waals surface area contributed by atoms with Crippen molar-refractivity contribution in [3.05, 3.63) is 30.4 Å². The predicted octanol–water partition coefficient (Wildman–Crippen LogP) is -1.66. The first-order chi connectivity index (χ1) is 7.15. The second-order valence-corrected chi connectivity index (χ2v) is 3.33. The maximum Gasteiger partial charge on any atom is 0.491 e. The zero-order valence-corrected chi connectivity index (χ0v) is 8.28. The maximum absolute atomic E-state index is 8.89. The van der Waals surface area contributed by atoms with Crippen LogP contribution in [0.15, 0.2) is 24.7 Å². The summed E-state index contributed by atoms with van der Waals surface area (Å²) < 4.78 is 3.32. The third kappa shape index (κ3) is 2.25. The van der Waals surface area contributed by atoms with Crippen molar-refractivity contribution in [2.75, 3.05) is 0 Å². The van der Waals surface area contributed by atoms with Crippen LogP contribution in [0.4, 0.5) is 0 Å². The minimum Gasteiger partial charge on any atom is -0.423 e. The van der Waals surface area contributed by atoms with Crippen LogP contribution in [0.25, 0.3) is 0 Å². The zero-order valence-electron chi connectivity index (χ0n) is 8.28. The van der Waals surface area contributed by atoms with E-state index in [9.17, 15) is 0 Å². The Morgan fingerprint density at radius 3 is 2.80 bits per heavy atom. The van der Waals surface area contributed by atoms with Crippen molar-refractivity contribution in [3.8, 4) is 0 Å². The fraction of sp³-hybridized carbons (Fsp3) is 0.250. The van der Waals surface area contributed by atoms with Gasteiger partial charge in [0.2, 0.25) is 0 Å². The molecule has 0 aliphatic carbocycles. The molecular formula is C8H11BN4O2. The van der Waals surface area contributed by atoms with Crippen LogP contribution in [0.2, 0.25) is 0 Å². The Morgan fingerprint density at radius 1 is 1.47 bits per heavy atom. The van der Waals surface area contributed by atoms with Gasteiger partial charge in [0.15, 0.2) is 0 Å². The quantitative estimate of drug-likeness (QED) is 0.589. The van der Waals surface area contributed by atoms with Crippen molar-refractivity contribution in [1.82, 2.24) is 19.6 Å². The predicted molar refractivity (Wildman–Crippen MR) is 54.4 cm³/mol. The van der Waals surface area contributed by atoms with E-state index in [2.05, 4.69) is 10.2 Å². The van der Waals surface area contributed by atoms with Gasteiger partial charge in [-0.15, -0.1) is 0 Å². The van der Waals surface area contributed by atoms with E-state index in [1.54, 1.807) is 15.6 Å². The monoisotopic (exact) mass is 206 g/mol. The second kappa shape index (κ2) is 3.88. The molecule has 0 bridgehead atoms. The van der Waals surface area contributed by atoms with Crippen LogP contribution in [0, 0.1) is 0 Å². The largest absolute Gasteiger partial charge is 0.491 e. The molecule has 15 heavy (non-hydrogen) atoms. The Morgan fingerprint density at radius 2 is 2.27 bits per heavy atom. The Kier molecular flexibility index (Phi) is 2.57. The summed E-state index contributed by atoms with van der Waals surface area (Å²) in [5.74, 6) is 0. The molecule has 0 spiro atoms. The second-order valence-electron chi connectivity index (χ2n) is 3.33. The van der Waals surface area contributed by atoms with E-state index in [-0.39, 0.29) is 0 Å². The van der Waals surface area contributed by atoms with Gasteiger partial charge in [-0.25, -0.2) is 0 Å². The van der Waals surface area contributed by atoms with E-state index in [1.165, 1.54) is 6.20 Å². The van der Waals surface area contributed by atoms with E-state index < -0.39 is 7.12 Å². The molecule has 0 radical (unpaired) electrons. The van der Waals surface area contributed by atoms with Gasteiger partial charge in [0.1, 0.15) is 0 Å². The molecule has 0 atom stereocenters. The molecular weight excluding hydrogens is 195 g/mol. The first-order valence-electron chi connectivity index (χ1n) is 4.52. The van der Waals surface area contributed by atoms with Crippen molar-refractivity contribution in [1.29, 1.82) is 0 Å². The first kappa shape index (κ1) is 9.94. The smallest absolute Gasteiger partial charge is 0.423 e. The molecule has 0 aliphatic heterocycles. The van der Waals surface area contributed by atoms with Crippen LogP contribution in [0.3, 0.4) is 0 Å². The Bertz CT molecular complexity index is 451. The molecule has 0 unspecified atom stereocenters. The van der Waals surface area contributed by atoms with Crippen LogP contribution < -0.4 is 5.46 Å². The summed E-state index contributed by atoms with van der Waals surface area (Å²) in [6, 6.07) is 1.89. The standard InChI is InChI=1S/C8H11BN4O2/c1-12-3-2-8(11-12)6-13-5-7(4-10-13)9(14)15/h2-5,14-15H,6H2,1H3. The molecule has 0 saturated carbocycles. The van der Waals surface area contributed by atoms with Gasteiger partial charge in [0.05, 0.1) is 12.2 Å². The van der Waals surface area contributed by atoms with Crippen LogP contribution in [0.1, 0.15) is 5.69 Å². The van der Waals surface area contributed by atoms with Gasteiger partial charge in [-0.1, -0.05) is 0 Å². The highest BCUT2D eigenvalue weighted by atomic mass is 16.4. The normalized spacial score (nSPS) is 10.6. The molecule has 2 aromatic rings. The van der Waals surface area contributed by atoms with E-state index >= 15 is 0 Å². The molecule has 2 N–H and O–H groups in total. The van der Waals surface area contributed by atoms with E-state index in [1.807, 2.05) is 19.3 Å². The summed E-state index contributed by atoms with van der Waals surface area (Å²) in [6.45, 7) is 0.521. The minimum absolute atomic E-state index is 0.380. The fourth-order valence-electron chi connectivity index (χ4n) is 1.31. The van der Waals surface area contributed by atoms with Gasteiger partial charge >= 0.3 is 7.12 Å². The molecule has 2 heterocycles. The van der Waals surface area contributed by atoms with E-state index in [4.69, 9.17) is 10.0 Å². The summed E-state index contributed by atoms with van der Waals surface area (Å²) in [5, 5.41) is 26.0. The van der Waals surface area contributed by atoms with Crippen LogP contribution in [-0.4, -0.2) is 36.7 Å². The molecule has 0 fully saturated rings. The highest BCUT2D eigenvalue weighted by molar-refractivity contribution is 6.58. The third-order valence-corrected chi connectivity index (χ3v) is 2.04. The Balaban J connectivity index is 2.11. The summed E-state index contributed by atoms with van der Waals surface area (Å²) in [4.78, 5) is 0. The van der Waals surface area contributed by atoms with Crippen LogP contribution in [-0.2, 0) is 13.6 Å². The molecule has 0 aliphatic rings. The van der Waals surface area contributed by atoms with Gasteiger partial charge in [-0.3, -0.25) is 9.36 Å². The molecule has 6 nitrogen and oxygen atoms in total. The lowest BCUT2D eigenvalue weighted by atomic mass is 9.83. The SMILES string of the molecule is Cn1ccc(Cn2cc(B(O)O)cn2)n1. The van der Waals surface area contributed by atoms with Gasteiger partial charge in [-0.05, 0) is 6.07 Å². The third-order valence-electron chi connectivity index (χ3n) is 2.04. The molecule has 78 valence electrons. The van der Waals surface area contributed by atoms with Crippen LogP contribution >= 0.6 is 0 Å². The van der Waals surface area contributed by atoms with Crippen molar-refractivity contribution in [3.63, 3.8) is 0 Å². The topological polar surface area (TPSA) is 76.1 Å². The van der Waals surface area contributed by atoms with Gasteiger partial charge in [0.25, 0.3) is 0 Å². The lowest BCUT2D eigenvalue weighted by molar-refractivity contribution is 0.425. The number of hydrogen-bond acceptors (Lipinski definition) is 4. The molecule has 0 saturated heterocycles. The van der Waals surface area contributed by atoms with E-state index in [0.717, 1.165) is 5.69 Å². The molecule has 0 amide bonds. The number of rotatable bonds is 3. The Labute approximate surface area is 86.9 Å². The van der Waals surface area contributed by atoms with Crippen molar-refractivity contribution >= 4 is 12.6 Å². The van der Waals surface area contributed by atoms with Crippen molar-refractivity contribution < 1.29 is 10.0 Å². The fourth-order valence-corrected chi connectivity index (χ4v) is 1.31. The number of aromatic nitrogens is 4. The van der Waals surface area contributed by atoms with Gasteiger partial charge in [-0.2, -0.15) is 10.2 Å². The maximum atomic E-state index is 8.89. The lowest BCUT2D eigenvalue weighted by Gasteiger charge is -1.96. The molecule has 2 rings (SSSR count). The summed E-state index contributed by atoms with van der Waals surface area (Å²) >= 11 is 0. The van der Waals surface area contributed by atoms with Crippen molar-refractivity contribution in [2.24, 2.45) is 7.05 Å². The summed E-state index contributed by atoms with van der Waals surface area (Å²) in [6.07, 6.45) is 4.85. The average molecular weight is 206 g/mol. The molecule has 2 aromatic heterocycles. The molecule has 0 aromatic carbocycles. The van der Waals surface area contributed by atoms with Crippen molar-refractivity contribution in [2.45, 2.75) is 6.54 Å². The molecule has 7 heteroatoms. The number of nitrogens with zero attached hydrogens (tertiary/aromatic N) is 4. The Hall–Kier alpha value is -1.60. The van der Waals surface area contributed by atoms with Crippen LogP contribution in [0.5, 0.6) is 0 Å². The first-order valence-corrected chi connectivity index (χ1v) is 4.52. The van der Waals surface area contributed by atoms with Gasteiger partial charge in [0, 0.05) is 31.1 Å². The minimum atomic E-state index is -1.47. The zero-order chi connectivity index (χ0) is 10.8. The summed E-state index contributed by atoms with van der Waals surface area (Å²) in [5.41, 5.74) is 1.26.